The molecular weight excluding hydrogens is 328 g/mol. The first-order valence-corrected chi connectivity index (χ1v) is 9.05. The van der Waals surface area contributed by atoms with Crippen molar-refractivity contribution in [2.45, 2.75) is 51.1 Å². The molecule has 8 heteroatoms. The predicted molar refractivity (Wildman–Crippen MR) is 91.3 cm³/mol. The summed E-state index contributed by atoms with van der Waals surface area (Å²) in [5, 5.41) is 19.7. The fourth-order valence-electron chi connectivity index (χ4n) is 2.98. The van der Waals surface area contributed by atoms with E-state index in [-0.39, 0.29) is 17.6 Å². The van der Waals surface area contributed by atoms with Crippen molar-refractivity contribution in [3.63, 3.8) is 0 Å². The number of nitrogens with zero attached hydrogens (tertiary/aromatic N) is 3. The molecule has 1 N–H and O–H groups in total. The van der Waals surface area contributed by atoms with Gasteiger partial charge in [0.15, 0.2) is 0 Å². The monoisotopic (exact) mass is 348 g/mol. The number of amides is 1. The molecule has 0 aromatic carbocycles. The molecule has 0 aliphatic heterocycles. The minimum absolute atomic E-state index is 0.0235. The quantitative estimate of drug-likeness (QED) is 0.510. The zero-order chi connectivity index (χ0) is 16.9. The van der Waals surface area contributed by atoms with Gasteiger partial charge in [0, 0.05) is 6.04 Å². The summed E-state index contributed by atoms with van der Waals surface area (Å²) in [6, 6.07) is 2.11. The molecule has 2 aromatic rings. The summed E-state index contributed by atoms with van der Waals surface area (Å²) < 4.78 is 1.51. The van der Waals surface area contributed by atoms with Crippen LogP contribution in [0, 0.1) is 10.1 Å². The Kier molecular flexibility index (Phi) is 5.24. The van der Waals surface area contributed by atoms with Crippen molar-refractivity contribution in [1.82, 2.24) is 15.1 Å². The molecule has 0 unspecified atom stereocenters. The van der Waals surface area contributed by atoms with Gasteiger partial charge in [0.1, 0.15) is 12.4 Å². The minimum atomic E-state index is -0.470. The van der Waals surface area contributed by atoms with Crippen molar-refractivity contribution >= 4 is 22.9 Å². The Bertz CT molecular complexity index is 716. The number of nitrogens with one attached hydrogen (secondary N) is 1. The highest BCUT2D eigenvalue weighted by Gasteiger charge is 2.17. The fourth-order valence-corrected chi connectivity index (χ4v) is 3.78. The van der Waals surface area contributed by atoms with E-state index < -0.39 is 4.92 Å². The van der Waals surface area contributed by atoms with Crippen molar-refractivity contribution in [2.24, 2.45) is 0 Å². The van der Waals surface area contributed by atoms with Crippen molar-refractivity contribution in [1.29, 1.82) is 0 Å². The lowest BCUT2D eigenvalue weighted by molar-refractivity contribution is -0.385. The Morgan fingerprint density at radius 3 is 2.79 bits per heavy atom. The van der Waals surface area contributed by atoms with E-state index in [1.54, 1.807) is 0 Å². The maximum absolute atomic E-state index is 12.4. The van der Waals surface area contributed by atoms with Crippen LogP contribution < -0.4 is 5.32 Å². The van der Waals surface area contributed by atoms with Crippen molar-refractivity contribution in [2.75, 3.05) is 0 Å². The Morgan fingerprint density at radius 1 is 1.38 bits per heavy atom. The first-order chi connectivity index (χ1) is 11.6. The maximum atomic E-state index is 12.4. The van der Waals surface area contributed by atoms with Gasteiger partial charge in [-0.3, -0.25) is 19.6 Å². The lowest BCUT2D eigenvalue weighted by atomic mass is 10.1. The van der Waals surface area contributed by atoms with Crippen LogP contribution in [0.1, 0.15) is 53.8 Å². The highest BCUT2D eigenvalue weighted by molar-refractivity contribution is 7.12. The molecule has 2 aromatic heterocycles. The van der Waals surface area contributed by atoms with Gasteiger partial charge in [-0.05, 0) is 29.9 Å². The van der Waals surface area contributed by atoms with Crippen molar-refractivity contribution in [3.05, 3.63) is 44.4 Å². The number of carbonyl (C=O) groups is 1. The standard InChI is InChI=1S/C16H20N4O3S/c21-16(18-13-5-3-1-2-4-6-13)15-7-12(11-24-15)9-19-10-14(8-17-19)20(22)23/h7-8,10-11,13H,1-6,9H2,(H,18,21). The van der Waals surface area contributed by atoms with Gasteiger partial charge in [0.05, 0.1) is 16.3 Å². The lowest BCUT2D eigenvalue weighted by Crippen LogP contribution is -2.33. The molecule has 1 amide bonds. The topological polar surface area (TPSA) is 90.1 Å². The van der Waals surface area contributed by atoms with Gasteiger partial charge in [-0.15, -0.1) is 11.3 Å². The maximum Gasteiger partial charge on any atom is 0.307 e. The molecule has 1 saturated carbocycles. The van der Waals surface area contributed by atoms with Gasteiger partial charge >= 0.3 is 5.69 Å². The normalized spacial score (nSPS) is 15.8. The van der Waals surface area contributed by atoms with E-state index in [2.05, 4.69) is 10.4 Å². The lowest BCUT2D eigenvalue weighted by Gasteiger charge is -2.15. The van der Waals surface area contributed by atoms with Gasteiger partial charge in [-0.25, -0.2) is 0 Å². The number of thiophene rings is 1. The molecular formula is C16H20N4O3S. The third kappa shape index (κ3) is 4.19. The molecule has 0 spiro atoms. The zero-order valence-corrected chi connectivity index (χ0v) is 14.1. The van der Waals surface area contributed by atoms with E-state index in [1.165, 1.54) is 54.1 Å². The molecule has 1 aliphatic rings. The predicted octanol–water partition coefficient (Wildman–Crippen LogP) is 3.35. The SMILES string of the molecule is O=C(NC1CCCCCC1)c1cc(Cn2cc([N+](=O)[O-])cn2)cs1. The van der Waals surface area contributed by atoms with Crippen molar-refractivity contribution in [3.8, 4) is 0 Å². The highest BCUT2D eigenvalue weighted by atomic mass is 32.1. The molecule has 0 saturated heterocycles. The highest BCUT2D eigenvalue weighted by Crippen LogP contribution is 2.20. The van der Waals surface area contributed by atoms with Gasteiger partial charge in [0.2, 0.25) is 0 Å². The van der Waals surface area contributed by atoms with E-state index in [9.17, 15) is 14.9 Å². The average Bonchev–Trinajstić information content (AvgIpc) is 3.14. The second kappa shape index (κ2) is 7.57. The van der Waals surface area contributed by atoms with Crippen LogP contribution in [0.3, 0.4) is 0 Å². The van der Waals surface area contributed by atoms with E-state index in [4.69, 9.17) is 0 Å². The van der Waals surface area contributed by atoms with Crippen molar-refractivity contribution < 1.29 is 9.72 Å². The summed E-state index contributed by atoms with van der Waals surface area (Å²) in [7, 11) is 0. The Labute approximate surface area is 143 Å². The smallest absolute Gasteiger partial charge is 0.307 e. The first kappa shape index (κ1) is 16.6. The van der Waals surface area contributed by atoms with Gasteiger partial charge in [0.25, 0.3) is 5.91 Å². The summed E-state index contributed by atoms with van der Waals surface area (Å²) >= 11 is 1.40. The second-order valence-electron chi connectivity index (χ2n) is 6.13. The molecule has 3 rings (SSSR count). The Hall–Kier alpha value is -2.22. The zero-order valence-electron chi connectivity index (χ0n) is 13.3. The summed E-state index contributed by atoms with van der Waals surface area (Å²) in [5.74, 6) is -0.0235. The van der Waals surface area contributed by atoms with Crippen LogP contribution in [0.5, 0.6) is 0 Å². The van der Waals surface area contributed by atoms with Gasteiger partial charge in [-0.1, -0.05) is 25.7 Å². The number of rotatable bonds is 5. The third-order valence-electron chi connectivity index (χ3n) is 4.24. The molecule has 1 fully saturated rings. The number of carbonyl (C=O) groups excluding carboxylic acids is 1. The number of hydrogen-bond donors (Lipinski definition) is 1. The average molecular weight is 348 g/mol. The minimum Gasteiger partial charge on any atom is -0.349 e. The van der Waals surface area contributed by atoms with Gasteiger partial charge < -0.3 is 5.32 Å². The molecule has 2 heterocycles. The summed E-state index contributed by atoms with van der Waals surface area (Å²) in [4.78, 5) is 23.3. The van der Waals surface area contributed by atoms with Crippen LogP contribution in [0.15, 0.2) is 23.8 Å². The molecule has 7 nitrogen and oxygen atoms in total. The summed E-state index contributed by atoms with van der Waals surface area (Å²) in [6.07, 6.45) is 9.60. The second-order valence-corrected chi connectivity index (χ2v) is 7.05. The van der Waals surface area contributed by atoms with Crippen LogP contribution in [0.2, 0.25) is 0 Å². The van der Waals surface area contributed by atoms with Crippen LogP contribution in [0.25, 0.3) is 0 Å². The van der Waals surface area contributed by atoms with Crippen LogP contribution in [-0.4, -0.2) is 26.7 Å². The molecule has 128 valence electrons. The largest absolute Gasteiger partial charge is 0.349 e. The molecule has 24 heavy (non-hydrogen) atoms. The number of aromatic nitrogens is 2. The Morgan fingerprint density at radius 2 is 2.12 bits per heavy atom. The molecule has 0 bridgehead atoms. The van der Waals surface area contributed by atoms with Crippen LogP contribution in [0.4, 0.5) is 5.69 Å². The van der Waals surface area contributed by atoms with E-state index in [0.717, 1.165) is 18.4 Å². The van der Waals surface area contributed by atoms with Crippen LogP contribution >= 0.6 is 11.3 Å². The molecule has 0 atom stereocenters. The number of hydrogen-bond acceptors (Lipinski definition) is 5. The fraction of sp³-hybridized carbons (Fsp3) is 0.500. The van der Waals surface area contributed by atoms with E-state index in [0.29, 0.717) is 11.4 Å². The molecule has 0 radical (unpaired) electrons. The third-order valence-corrected chi connectivity index (χ3v) is 5.22. The Balaban J connectivity index is 1.59. The summed E-state index contributed by atoms with van der Waals surface area (Å²) in [6.45, 7) is 0.418. The van der Waals surface area contributed by atoms with E-state index in [1.807, 2.05) is 11.4 Å². The van der Waals surface area contributed by atoms with Gasteiger partial charge in [-0.2, -0.15) is 5.10 Å². The summed E-state index contributed by atoms with van der Waals surface area (Å²) in [5.41, 5.74) is 0.889. The van der Waals surface area contributed by atoms with E-state index >= 15 is 0 Å². The number of nitro groups is 1. The molecule has 1 aliphatic carbocycles. The first-order valence-electron chi connectivity index (χ1n) is 8.17. The van der Waals surface area contributed by atoms with Crippen LogP contribution in [-0.2, 0) is 6.54 Å².